The van der Waals surface area contributed by atoms with Crippen LogP contribution in [0.5, 0.6) is 0 Å². The third-order valence-electron chi connectivity index (χ3n) is 2.02. The van der Waals surface area contributed by atoms with E-state index in [9.17, 15) is 0 Å². The van der Waals surface area contributed by atoms with Gasteiger partial charge in [-0.05, 0) is 42.4 Å². The largest absolute Gasteiger partial charge is 0.388 e. The predicted molar refractivity (Wildman–Crippen MR) is 61.8 cm³/mol. The van der Waals surface area contributed by atoms with E-state index >= 15 is 0 Å². The van der Waals surface area contributed by atoms with Gasteiger partial charge in [-0.25, -0.2) is 0 Å². The molecule has 0 fully saturated rings. The van der Waals surface area contributed by atoms with Crippen LogP contribution >= 0.6 is 11.3 Å². The number of hydrogen-bond acceptors (Lipinski definition) is 3. The number of nitrogens with two attached hydrogens (primary N) is 1. The molecule has 1 aromatic rings. The van der Waals surface area contributed by atoms with Gasteiger partial charge in [0.05, 0.1) is 5.84 Å². The Morgan fingerprint density at radius 3 is 3.00 bits per heavy atom. The molecule has 0 spiro atoms. The van der Waals surface area contributed by atoms with Gasteiger partial charge in [0.2, 0.25) is 0 Å². The first kappa shape index (κ1) is 11.2. The molecule has 0 radical (unpaired) electrons. The molecule has 0 aliphatic heterocycles. The van der Waals surface area contributed by atoms with Crippen LogP contribution < -0.4 is 5.73 Å². The quantitative estimate of drug-likeness (QED) is 0.558. The second-order valence-electron chi connectivity index (χ2n) is 3.50. The Labute approximate surface area is 89.0 Å². The van der Waals surface area contributed by atoms with Crippen LogP contribution in [0.1, 0.15) is 18.4 Å². The van der Waals surface area contributed by atoms with Crippen LogP contribution in [0.3, 0.4) is 0 Å². The highest BCUT2D eigenvalue weighted by Gasteiger charge is 2.00. The van der Waals surface area contributed by atoms with Crippen LogP contribution in [0.2, 0.25) is 0 Å². The van der Waals surface area contributed by atoms with Crippen LogP contribution in [0.15, 0.2) is 16.8 Å². The highest BCUT2D eigenvalue weighted by Crippen LogP contribution is 2.08. The van der Waals surface area contributed by atoms with Crippen LogP contribution in [0.4, 0.5) is 0 Å². The summed E-state index contributed by atoms with van der Waals surface area (Å²) in [5.41, 5.74) is 6.64. The van der Waals surface area contributed by atoms with E-state index in [4.69, 9.17) is 11.1 Å². The molecule has 78 valence electrons. The van der Waals surface area contributed by atoms with Crippen molar-refractivity contribution < 1.29 is 0 Å². The Morgan fingerprint density at radius 2 is 2.43 bits per heavy atom. The molecule has 4 heteroatoms. The highest BCUT2D eigenvalue weighted by molar-refractivity contribution is 7.07. The van der Waals surface area contributed by atoms with Crippen molar-refractivity contribution in [2.24, 2.45) is 5.73 Å². The highest BCUT2D eigenvalue weighted by atomic mass is 32.1. The minimum atomic E-state index is 0.286. The van der Waals surface area contributed by atoms with Crippen LogP contribution in [-0.4, -0.2) is 24.3 Å². The van der Waals surface area contributed by atoms with Crippen LogP contribution in [0, 0.1) is 5.41 Å². The van der Waals surface area contributed by atoms with Gasteiger partial charge in [-0.3, -0.25) is 5.41 Å². The van der Waals surface area contributed by atoms with E-state index in [-0.39, 0.29) is 5.84 Å². The van der Waals surface area contributed by atoms with Gasteiger partial charge in [-0.2, -0.15) is 11.3 Å². The van der Waals surface area contributed by atoms with E-state index in [1.165, 1.54) is 5.56 Å². The number of amidine groups is 1. The molecule has 0 unspecified atom stereocenters. The maximum atomic E-state index is 7.10. The Kier molecular flexibility index (Phi) is 4.62. The van der Waals surface area contributed by atoms with Crippen LogP contribution in [-0.2, 0) is 6.54 Å². The van der Waals surface area contributed by atoms with Crippen molar-refractivity contribution in [2.75, 3.05) is 13.6 Å². The zero-order valence-electron chi connectivity index (χ0n) is 8.49. The van der Waals surface area contributed by atoms with Crippen molar-refractivity contribution in [1.82, 2.24) is 4.90 Å². The third kappa shape index (κ3) is 4.39. The molecule has 0 bridgehead atoms. The lowest BCUT2D eigenvalue weighted by Gasteiger charge is -2.15. The van der Waals surface area contributed by atoms with E-state index in [2.05, 4.69) is 28.8 Å². The fourth-order valence-corrected chi connectivity index (χ4v) is 1.97. The summed E-state index contributed by atoms with van der Waals surface area (Å²) in [6.07, 6.45) is 1.67. The summed E-state index contributed by atoms with van der Waals surface area (Å²) in [4.78, 5) is 2.25. The molecular formula is C10H17N3S. The molecule has 0 saturated heterocycles. The van der Waals surface area contributed by atoms with Gasteiger partial charge in [-0.1, -0.05) is 0 Å². The minimum Gasteiger partial charge on any atom is -0.388 e. The average molecular weight is 211 g/mol. The van der Waals surface area contributed by atoms with Crippen molar-refractivity contribution in [3.63, 3.8) is 0 Å². The molecule has 0 aliphatic carbocycles. The lowest BCUT2D eigenvalue weighted by atomic mass is 10.2. The summed E-state index contributed by atoms with van der Waals surface area (Å²) >= 11 is 1.73. The maximum absolute atomic E-state index is 7.10. The van der Waals surface area contributed by atoms with Gasteiger partial charge < -0.3 is 10.6 Å². The van der Waals surface area contributed by atoms with Gasteiger partial charge in [-0.15, -0.1) is 0 Å². The summed E-state index contributed by atoms with van der Waals surface area (Å²) in [6.45, 7) is 1.98. The van der Waals surface area contributed by atoms with E-state index in [1.807, 2.05) is 0 Å². The summed E-state index contributed by atoms with van der Waals surface area (Å²) in [5.74, 6) is 0.286. The molecule has 3 N–H and O–H groups in total. The van der Waals surface area contributed by atoms with Crippen LogP contribution in [0.25, 0.3) is 0 Å². The monoisotopic (exact) mass is 211 g/mol. The number of rotatable bonds is 6. The molecule has 1 heterocycles. The lowest BCUT2D eigenvalue weighted by molar-refractivity contribution is 0.324. The minimum absolute atomic E-state index is 0.286. The molecule has 0 saturated carbocycles. The third-order valence-corrected chi connectivity index (χ3v) is 2.75. The van der Waals surface area contributed by atoms with Gasteiger partial charge in [0.1, 0.15) is 0 Å². The molecular weight excluding hydrogens is 194 g/mol. The van der Waals surface area contributed by atoms with Gasteiger partial charge in [0.25, 0.3) is 0 Å². The van der Waals surface area contributed by atoms with Crippen molar-refractivity contribution in [1.29, 1.82) is 5.41 Å². The molecule has 0 aliphatic rings. The standard InChI is InChI=1S/C10H17N3S/c1-13(5-2-3-10(11)12)7-9-4-6-14-8-9/h4,6,8H,2-3,5,7H2,1H3,(H3,11,12). The fraction of sp³-hybridized carbons (Fsp3) is 0.500. The average Bonchev–Trinajstić information content (AvgIpc) is 2.56. The van der Waals surface area contributed by atoms with E-state index in [0.29, 0.717) is 6.42 Å². The van der Waals surface area contributed by atoms with Crippen molar-refractivity contribution >= 4 is 17.2 Å². The zero-order chi connectivity index (χ0) is 10.4. The first-order chi connectivity index (χ1) is 6.68. The molecule has 0 aromatic carbocycles. The molecule has 14 heavy (non-hydrogen) atoms. The van der Waals surface area contributed by atoms with Crippen molar-refractivity contribution in [3.8, 4) is 0 Å². The summed E-state index contributed by atoms with van der Waals surface area (Å²) in [5, 5.41) is 11.4. The zero-order valence-corrected chi connectivity index (χ0v) is 9.31. The second kappa shape index (κ2) is 5.78. The fourth-order valence-electron chi connectivity index (χ4n) is 1.31. The Bertz CT molecular complexity index is 269. The molecule has 1 aromatic heterocycles. The number of hydrogen-bond donors (Lipinski definition) is 2. The van der Waals surface area contributed by atoms with E-state index in [0.717, 1.165) is 19.5 Å². The van der Waals surface area contributed by atoms with Gasteiger partial charge in [0, 0.05) is 13.0 Å². The second-order valence-corrected chi connectivity index (χ2v) is 4.28. The first-order valence-electron chi connectivity index (χ1n) is 4.71. The maximum Gasteiger partial charge on any atom is 0.0905 e. The summed E-state index contributed by atoms with van der Waals surface area (Å²) in [6, 6.07) is 2.14. The van der Waals surface area contributed by atoms with Gasteiger partial charge in [0.15, 0.2) is 0 Å². The normalized spacial score (nSPS) is 10.7. The Morgan fingerprint density at radius 1 is 1.64 bits per heavy atom. The topological polar surface area (TPSA) is 53.1 Å². The first-order valence-corrected chi connectivity index (χ1v) is 5.65. The van der Waals surface area contributed by atoms with E-state index < -0.39 is 0 Å². The van der Waals surface area contributed by atoms with Crippen molar-refractivity contribution in [3.05, 3.63) is 22.4 Å². The van der Waals surface area contributed by atoms with Gasteiger partial charge >= 0.3 is 0 Å². The number of nitrogens with zero attached hydrogens (tertiary/aromatic N) is 1. The molecule has 1 rings (SSSR count). The predicted octanol–water partition coefficient (Wildman–Crippen LogP) is 1.90. The Balaban J connectivity index is 2.16. The molecule has 0 atom stereocenters. The Hall–Kier alpha value is -0.870. The molecule has 3 nitrogen and oxygen atoms in total. The van der Waals surface area contributed by atoms with E-state index in [1.54, 1.807) is 11.3 Å². The lowest BCUT2D eigenvalue weighted by Crippen LogP contribution is -2.20. The van der Waals surface area contributed by atoms with Crippen molar-refractivity contribution in [2.45, 2.75) is 19.4 Å². The summed E-state index contributed by atoms with van der Waals surface area (Å²) < 4.78 is 0. The number of nitrogens with one attached hydrogen (secondary N) is 1. The number of thiophene rings is 1. The summed E-state index contributed by atoms with van der Waals surface area (Å²) in [7, 11) is 2.10. The smallest absolute Gasteiger partial charge is 0.0905 e. The molecule has 0 amide bonds. The SMILES string of the molecule is CN(CCCC(=N)N)Cc1ccsc1.